The molecule has 3 N–H and O–H groups in total. The molecule has 0 aromatic heterocycles. The number of unbranched alkanes of at least 4 members (excludes halogenated alkanes) is 1. The molecule has 37 heavy (non-hydrogen) atoms. The molecule has 4 atom stereocenters. The maximum Gasteiger partial charge on any atom is 0.247 e. The summed E-state index contributed by atoms with van der Waals surface area (Å²) in [6.07, 6.45) is 2.51. The Bertz CT molecular complexity index is 1130. The molecule has 4 unspecified atom stereocenters. The summed E-state index contributed by atoms with van der Waals surface area (Å²) in [5, 5.41) is 23.5. The maximum atomic E-state index is 13.4. The Labute approximate surface area is 217 Å². The van der Waals surface area contributed by atoms with Gasteiger partial charge in [0.2, 0.25) is 11.8 Å². The van der Waals surface area contributed by atoms with Crippen molar-refractivity contribution in [2.45, 2.75) is 56.8 Å². The first kappa shape index (κ1) is 26.7. The van der Waals surface area contributed by atoms with Crippen molar-refractivity contribution in [1.82, 2.24) is 10.2 Å². The first-order valence-electron chi connectivity index (χ1n) is 12.9. The van der Waals surface area contributed by atoms with E-state index in [-0.39, 0.29) is 25.0 Å². The summed E-state index contributed by atoms with van der Waals surface area (Å²) in [7, 11) is 1.61. The number of hydrogen-bond donors (Lipinski definition) is 3. The number of nitrogens with one attached hydrogen (secondary N) is 1. The van der Waals surface area contributed by atoms with Crippen LogP contribution in [0.4, 0.5) is 0 Å². The van der Waals surface area contributed by atoms with Crippen molar-refractivity contribution in [3.63, 3.8) is 0 Å². The van der Waals surface area contributed by atoms with Gasteiger partial charge in [-0.25, -0.2) is 0 Å². The minimum absolute atomic E-state index is 0.0749. The summed E-state index contributed by atoms with van der Waals surface area (Å²) in [5.74, 6) is 0.483. The lowest BCUT2D eigenvalue weighted by Crippen LogP contribution is -2.56. The highest BCUT2D eigenvalue weighted by Crippen LogP contribution is 2.47. The second-order valence-corrected chi connectivity index (χ2v) is 9.47. The Morgan fingerprint density at radius 3 is 2.73 bits per heavy atom. The fourth-order valence-corrected chi connectivity index (χ4v) is 5.18. The SMILES string of the molecule is CCCCC(=O)N(CCc1cccc(OC)c1)C1C=C(C(=O)NCCO)C2c3ccccc3OC2C1O. The maximum absolute atomic E-state index is 13.4. The first-order valence-corrected chi connectivity index (χ1v) is 12.9. The molecular formula is C29H36N2O6. The van der Waals surface area contributed by atoms with Crippen LogP contribution in [0.15, 0.2) is 60.2 Å². The molecule has 198 valence electrons. The summed E-state index contributed by atoms with van der Waals surface area (Å²) < 4.78 is 11.5. The van der Waals surface area contributed by atoms with Crippen LogP contribution < -0.4 is 14.8 Å². The van der Waals surface area contributed by atoms with Crippen molar-refractivity contribution < 1.29 is 29.3 Å². The van der Waals surface area contributed by atoms with Gasteiger partial charge in [0, 0.05) is 30.6 Å². The van der Waals surface area contributed by atoms with E-state index in [0.29, 0.717) is 30.7 Å². The van der Waals surface area contributed by atoms with Gasteiger partial charge in [0.05, 0.1) is 25.7 Å². The Morgan fingerprint density at radius 1 is 1.16 bits per heavy atom. The number of para-hydroxylation sites is 1. The van der Waals surface area contributed by atoms with Gasteiger partial charge in [0.15, 0.2) is 0 Å². The van der Waals surface area contributed by atoms with E-state index in [1.807, 2.05) is 55.5 Å². The number of hydrogen-bond acceptors (Lipinski definition) is 6. The lowest BCUT2D eigenvalue weighted by atomic mass is 9.77. The first-order chi connectivity index (χ1) is 18.0. The predicted octanol–water partition coefficient (Wildman–Crippen LogP) is 2.58. The van der Waals surface area contributed by atoms with Crippen molar-refractivity contribution in [3.8, 4) is 11.5 Å². The number of benzene rings is 2. The Kier molecular flexibility index (Phi) is 8.84. The van der Waals surface area contributed by atoms with E-state index in [1.165, 1.54) is 0 Å². The third-order valence-electron chi connectivity index (χ3n) is 7.08. The van der Waals surface area contributed by atoms with Crippen LogP contribution in [-0.2, 0) is 16.0 Å². The molecule has 0 bridgehead atoms. The number of carbonyl (C=O) groups is 2. The molecule has 1 aliphatic carbocycles. The van der Waals surface area contributed by atoms with Crippen molar-refractivity contribution in [2.75, 3.05) is 26.8 Å². The number of rotatable bonds is 11. The molecule has 0 spiro atoms. The van der Waals surface area contributed by atoms with Crippen LogP contribution >= 0.6 is 0 Å². The van der Waals surface area contributed by atoms with Gasteiger partial charge in [-0.2, -0.15) is 0 Å². The Hall–Kier alpha value is -3.36. The Balaban J connectivity index is 1.68. The summed E-state index contributed by atoms with van der Waals surface area (Å²) in [4.78, 5) is 28.3. The third kappa shape index (κ3) is 5.81. The molecule has 0 radical (unpaired) electrons. The average molecular weight is 509 g/mol. The topological polar surface area (TPSA) is 108 Å². The molecule has 2 aromatic rings. The van der Waals surface area contributed by atoms with E-state index in [2.05, 4.69) is 5.32 Å². The largest absolute Gasteiger partial charge is 0.497 e. The standard InChI is InChI=1S/C29H36N2O6/c1-3-4-12-25(33)31(15-13-19-8-7-9-20(17-19)36-2)23-18-22(29(35)30-14-16-32)26-21-10-5-6-11-24(21)37-28(26)27(23)34/h5-11,17-18,23,26-28,32,34H,3-4,12-16H2,1-2H3,(H,30,35). The minimum atomic E-state index is -1.03. The number of amides is 2. The Morgan fingerprint density at radius 2 is 1.97 bits per heavy atom. The summed E-state index contributed by atoms with van der Waals surface area (Å²) in [5.41, 5.74) is 2.27. The molecule has 0 fully saturated rings. The van der Waals surface area contributed by atoms with E-state index in [0.717, 1.165) is 29.7 Å². The van der Waals surface area contributed by atoms with Gasteiger partial charge in [-0.05, 0) is 42.7 Å². The van der Waals surface area contributed by atoms with Crippen molar-refractivity contribution in [2.24, 2.45) is 0 Å². The molecule has 8 heteroatoms. The zero-order valence-electron chi connectivity index (χ0n) is 21.4. The second kappa shape index (κ2) is 12.3. The highest BCUT2D eigenvalue weighted by atomic mass is 16.5. The highest BCUT2D eigenvalue weighted by molar-refractivity contribution is 5.96. The van der Waals surface area contributed by atoms with E-state index in [4.69, 9.17) is 9.47 Å². The molecule has 2 amide bonds. The zero-order valence-corrected chi connectivity index (χ0v) is 21.4. The van der Waals surface area contributed by atoms with Gasteiger partial charge >= 0.3 is 0 Å². The predicted molar refractivity (Wildman–Crippen MR) is 140 cm³/mol. The summed E-state index contributed by atoms with van der Waals surface area (Å²) in [6.45, 7) is 2.32. The smallest absolute Gasteiger partial charge is 0.247 e. The van der Waals surface area contributed by atoms with Crippen LogP contribution in [0.3, 0.4) is 0 Å². The number of ether oxygens (including phenoxy) is 2. The van der Waals surface area contributed by atoms with E-state index in [9.17, 15) is 19.8 Å². The van der Waals surface area contributed by atoms with Crippen LogP contribution in [0.1, 0.15) is 43.2 Å². The quantitative estimate of drug-likeness (QED) is 0.431. The number of nitrogens with zero attached hydrogens (tertiary/aromatic N) is 1. The average Bonchev–Trinajstić information content (AvgIpc) is 3.32. The van der Waals surface area contributed by atoms with Gasteiger partial charge in [0.1, 0.15) is 23.7 Å². The van der Waals surface area contributed by atoms with Gasteiger partial charge < -0.3 is 29.9 Å². The van der Waals surface area contributed by atoms with Crippen molar-refractivity contribution in [3.05, 3.63) is 71.3 Å². The van der Waals surface area contributed by atoms with Crippen LogP contribution in [0.2, 0.25) is 0 Å². The molecular weight excluding hydrogens is 472 g/mol. The molecule has 4 rings (SSSR count). The fraction of sp³-hybridized carbons (Fsp3) is 0.448. The van der Waals surface area contributed by atoms with E-state index >= 15 is 0 Å². The fourth-order valence-electron chi connectivity index (χ4n) is 5.18. The third-order valence-corrected chi connectivity index (χ3v) is 7.08. The molecule has 1 aliphatic heterocycles. The zero-order chi connectivity index (χ0) is 26.4. The van der Waals surface area contributed by atoms with Crippen LogP contribution in [0, 0.1) is 0 Å². The van der Waals surface area contributed by atoms with Gasteiger partial charge in [-0.3, -0.25) is 9.59 Å². The number of aliphatic hydroxyl groups excluding tert-OH is 2. The van der Waals surface area contributed by atoms with Crippen LogP contribution in [-0.4, -0.2) is 72.0 Å². The van der Waals surface area contributed by atoms with Gasteiger partial charge in [0.25, 0.3) is 0 Å². The molecule has 0 saturated carbocycles. The van der Waals surface area contributed by atoms with E-state index in [1.54, 1.807) is 18.1 Å². The summed E-state index contributed by atoms with van der Waals surface area (Å²) >= 11 is 0. The number of fused-ring (bicyclic) bond motifs is 3. The monoisotopic (exact) mass is 508 g/mol. The summed E-state index contributed by atoms with van der Waals surface area (Å²) in [6, 6.07) is 14.4. The van der Waals surface area contributed by atoms with Gasteiger partial charge in [-0.15, -0.1) is 0 Å². The highest BCUT2D eigenvalue weighted by Gasteiger charge is 2.50. The van der Waals surface area contributed by atoms with E-state index < -0.39 is 24.2 Å². The molecule has 2 aliphatic rings. The molecule has 1 heterocycles. The van der Waals surface area contributed by atoms with Crippen LogP contribution in [0.25, 0.3) is 0 Å². The normalized spacial score (nSPS) is 21.8. The lowest BCUT2D eigenvalue weighted by molar-refractivity contribution is -0.137. The second-order valence-electron chi connectivity index (χ2n) is 9.47. The van der Waals surface area contributed by atoms with Crippen LogP contribution in [0.5, 0.6) is 11.5 Å². The minimum Gasteiger partial charge on any atom is -0.497 e. The van der Waals surface area contributed by atoms with Crippen molar-refractivity contribution >= 4 is 11.8 Å². The number of methoxy groups -OCH3 is 1. The molecule has 0 saturated heterocycles. The number of aliphatic hydroxyl groups is 2. The lowest BCUT2D eigenvalue weighted by Gasteiger charge is -2.41. The van der Waals surface area contributed by atoms with Gasteiger partial charge in [-0.1, -0.05) is 43.7 Å². The molecule has 2 aromatic carbocycles. The van der Waals surface area contributed by atoms with Crippen molar-refractivity contribution in [1.29, 1.82) is 0 Å². The molecule has 8 nitrogen and oxygen atoms in total. The number of carbonyl (C=O) groups excluding carboxylic acids is 2.